The van der Waals surface area contributed by atoms with Crippen LogP contribution in [0.5, 0.6) is 11.6 Å². The molecule has 3 N–H and O–H groups in total. The van der Waals surface area contributed by atoms with Gasteiger partial charge in [-0.05, 0) is 36.0 Å². The SMILES string of the molecule is C=C(CC(OI)C(=C)NC(=O)COc1ccc(C)c(P)c1)NC(=O)c1cccc(O)n1. The van der Waals surface area contributed by atoms with E-state index in [-0.39, 0.29) is 24.6 Å². The molecule has 1 aromatic heterocycles. The number of carbonyl (C=O) groups is 2. The van der Waals surface area contributed by atoms with Crippen molar-refractivity contribution in [2.75, 3.05) is 6.61 Å². The van der Waals surface area contributed by atoms with Crippen molar-refractivity contribution in [2.45, 2.75) is 19.4 Å². The van der Waals surface area contributed by atoms with Gasteiger partial charge in [0.1, 0.15) is 40.6 Å². The first-order chi connectivity index (χ1) is 14.7. The number of nitrogens with zero attached hydrogens (tertiary/aromatic N) is 1. The van der Waals surface area contributed by atoms with Gasteiger partial charge in [-0.15, -0.1) is 9.24 Å². The fraction of sp³-hybridized carbons (Fsp3) is 0.190. The van der Waals surface area contributed by atoms with Crippen LogP contribution in [-0.2, 0) is 7.86 Å². The van der Waals surface area contributed by atoms with Gasteiger partial charge in [0.05, 0.1) is 0 Å². The van der Waals surface area contributed by atoms with Crippen molar-refractivity contribution in [3.8, 4) is 11.6 Å². The molecule has 2 unspecified atom stereocenters. The molecule has 0 saturated heterocycles. The highest BCUT2D eigenvalue weighted by Crippen LogP contribution is 2.16. The number of carbonyl (C=O) groups excluding carboxylic acids is 2. The number of nitrogens with one attached hydrogen (secondary N) is 2. The largest absolute Gasteiger partial charge is 0.493 e. The van der Waals surface area contributed by atoms with Crippen LogP contribution >= 0.6 is 32.2 Å². The van der Waals surface area contributed by atoms with Gasteiger partial charge in [-0.2, -0.15) is 0 Å². The number of amides is 2. The second-order valence-electron chi connectivity index (χ2n) is 6.60. The summed E-state index contributed by atoms with van der Waals surface area (Å²) in [6.07, 6.45) is -0.463. The average molecular weight is 555 g/mol. The van der Waals surface area contributed by atoms with E-state index in [1.165, 1.54) is 18.2 Å². The van der Waals surface area contributed by atoms with Crippen LogP contribution in [-0.4, -0.2) is 34.6 Å². The molecule has 2 aromatic rings. The van der Waals surface area contributed by atoms with Gasteiger partial charge in [0.25, 0.3) is 11.8 Å². The Kier molecular flexibility index (Phi) is 9.42. The van der Waals surface area contributed by atoms with Gasteiger partial charge < -0.3 is 23.5 Å². The van der Waals surface area contributed by atoms with Crippen molar-refractivity contribution >= 4 is 49.4 Å². The van der Waals surface area contributed by atoms with Gasteiger partial charge in [-0.1, -0.05) is 25.3 Å². The van der Waals surface area contributed by atoms with Crippen LogP contribution < -0.4 is 20.7 Å². The summed E-state index contributed by atoms with van der Waals surface area (Å²) in [5.74, 6) is -0.602. The predicted molar refractivity (Wildman–Crippen MR) is 129 cm³/mol. The summed E-state index contributed by atoms with van der Waals surface area (Å²) >= 11 is 1.69. The number of benzene rings is 1. The van der Waals surface area contributed by atoms with Crippen molar-refractivity contribution in [1.29, 1.82) is 0 Å². The van der Waals surface area contributed by atoms with Gasteiger partial charge in [0.15, 0.2) is 6.61 Å². The van der Waals surface area contributed by atoms with Crippen molar-refractivity contribution in [3.63, 3.8) is 0 Å². The summed E-state index contributed by atoms with van der Waals surface area (Å²) in [6, 6.07) is 9.85. The van der Waals surface area contributed by atoms with Gasteiger partial charge in [-0.25, -0.2) is 4.98 Å². The van der Waals surface area contributed by atoms with Crippen LogP contribution in [0.2, 0.25) is 0 Å². The first-order valence-electron chi connectivity index (χ1n) is 9.09. The number of aryl methyl sites for hydroxylation is 1. The molecule has 2 rings (SSSR count). The molecule has 10 heteroatoms. The lowest BCUT2D eigenvalue weighted by atomic mass is 10.1. The Labute approximate surface area is 197 Å². The third-order valence-corrected chi connectivity index (χ3v) is 5.34. The highest BCUT2D eigenvalue weighted by Gasteiger charge is 2.19. The molecule has 0 aliphatic heterocycles. The summed E-state index contributed by atoms with van der Waals surface area (Å²) in [7, 11) is 2.61. The molecule has 1 aromatic carbocycles. The predicted octanol–water partition coefficient (Wildman–Crippen LogP) is 2.67. The quantitative estimate of drug-likeness (QED) is 0.308. The summed E-state index contributed by atoms with van der Waals surface area (Å²) in [5, 5.41) is 15.6. The van der Waals surface area contributed by atoms with Crippen molar-refractivity contribution in [2.24, 2.45) is 0 Å². The van der Waals surface area contributed by atoms with Gasteiger partial charge in [-0.3, -0.25) is 9.59 Å². The molecule has 0 bridgehead atoms. The third kappa shape index (κ3) is 7.93. The first kappa shape index (κ1) is 24.8. The monoisotopic (exact) mass is 555 g/mol. The maximum Gasteiger partial charge on any atom is 0.274 e. The minimum Gasteiger partial charge on any atom is -0.493 e. The average Bonchev–Trinajstić information content (AvgIpc) is 2.72. The Hall–Kier alpha value is -2.49. The summed E-state index contributed by atoms with van der Waals surface area (Å²) in [4.78, 5) is 28.1. The van der Waals surface area contributed by atoms with Gasteiger partial charge >= 0.3 is 0 Å². The Bertz CT molecular complexity index is 999. The Morgan fingerprint density at radius 2 is 2.00 bits per heavy atom. The van der Waals surface area contributed by atoms with Crippen LogP contribution in [0.1, 0.15) is 22.5 Å². The van der Waals surface area contributed by atoms with Gasteiger partial charge in [0, 0.05) is 23.9 Å². The van der Waals surface area contributed by atoms with E-state index in [1.807, 2.05) is 19.1 Å². The fourth-order valence-corrected chi connectivity index (χ4v) is 3.16. The number of ether oxygens (including phenoxy) is 1. The van der Waals surface area contributed by atoms with Crippen molar-refractivity contribution < 1.29 is 22.5 Å². The third-order valence-electron chi connectivity index (χ3n) is 4.11. The van der Waals surface area contributed by atoms with Crippen LogP contribution in [0.3, 0.4) is 0 Å². The number of pyridine rings is 1. The maximum absolute atomic E-state index is 12.2. The van der Waals surface area contributed by atoms with Gasteiger partial charge in [0.2, 0.25) is 5.88 Å². The Morgan fingerprint density at radius 1 is 1.26 bits per heavy atom. The molecular weight excluding hydrogens is 532 g/mol. The number of hydrogen-bond acceptors (Lipinski definition) is 6. The summed E-state index contributed by atoms with van der Waals surface area (Å²) in [6.45, 7) is 9.41. The maximum atomic E-state index is 12.2. The highest BCUT2D eigenvalue weighted by atomic mass is 127. The number of aromatic nitrogens is 1. The molecule has 0 saturated carbocycles. The lowest BCUT2D eigenvalue weighted by molar-refractivity contribution is -0.122. The second-order valence-corrected chi connectivity index (χ2v) is 7.73. The standard InChI is InChI=1S/C21H23IN3O5P/c1-12-7-8-15(10-18(12)31)29-11-20(27)24-14(3)17(30-22)9-13(2)23-21(28)16-5-4-6-19(26)25-16/h4-8,10,17H,2-3,9,11,31H2,1H3,(H,23,28)(H,24,27)(H,25,26). The number of rotatable bonds is 10. The molecule has 0 radical (unpaired) electrons. The Morgan fingerprint density at radius 3 is 2.65 bits per heavy atom. The molecule has 0 aliphatic carbocycles. The van der Waals surface area contributed by atoms with E-state index in [0.29, 0.717) is 17.1 Å². The highest BCUT2D eigenvalue weighted by molar-refractivity contribution is 14.1. The molecule has 0 fully saturated rings. The molecule has 2 amide bonds. The van der Waals surface area contributed by atoms with Crippen LogP contribution in [0.25, 0.3) is 0 Å². The molecular formula is C21H23IN3O5P. The lowest BCUT2D eigenvalue weighted by Gasteiger charge is -2.19. The number of aromatic hydroxyl groups is 1. The minimum atomic E-state index is -0.632. The van der Waals surface area contributed by atoms with Crippen molar-refractivity contribution in [1.82, 2.24) is 15.6 Å². The number of halogens is 1. The van der Waals surface area contributed by atoms with E-state index in [9.17, 15) is 14.7 Å². The van der Waals surface area contributed by atoms with E-state index in [0.717, 1.165) is 10.9 Å². The smallest absolute Gasteiger partial charge is 0.274 e. The zero-order valence-corrected chi connectivity index (χ0v) is 20.2. The Balaban J connectivity index is 1.84. The fourth-order valence-electron chi connectivity index (χ4n) is 2.41. The normalized spacial score (nSPS) is 11.3. The molecule has 1 heterocycles. The minimum absolute atomic E-state index is 0.0436. The van der Waals surface area contributed by atoms with E-state index >= 15 is 0 Å². The second kappa shape index (κ2) is 11.8. The number of hydrogen-bond donors (Lipinski definition) is 3. The topological polar surface area (TPSA) is 110 Å². The molecule has 8 nitrogen and oxygen atoms in total. The van der Waals surface area contributed by atoms with Crippen LogP contribution in [0, 0.1) is 6.92 Å². The van der Waals surface area contributed by atoms with Crippen LogP contribution in [0.15, 0.2) is 61.0 Å². The van der Waals surface area contributed by atoms with E-state index in [4.69, 9.17) is 7.80 Å². The zero-order chi connectivity index (χ0) is 23.0. The molecule has 2 atom stereocenters. The molecule has 0 spiro atoms. The van der Waals surface area contributed by atoms with Crippen LogP contribution in [0.4, 0.5) is 0 Å². The zero-order valence-electron chi connectivity index (χ0n) is 16.9. The molecule has 0 aliphatic rings. The lowest BCUT2D eigenvalue weighted by Crippen LogP contribution is -2.34. The molecule has 31 heavy (non-hydrogen) atoms. The van der Waals surface area contributed by atoms with Crippen molar-refractivity contribution in [3.05, 3.63) is 72.2 Å². The first-order valence-corrected chi connectivity index (χ1v) is 10.6. The molecule has 164 valence electrons. The summed E-state index contributed by atoms with van der Waals surface area (Å²) in [5.41, 5.74) is 1.77. The van der Waals surface area contributed by atoms with E-state index < -0.39 is 17.9 Å². The van der Waals surface area contributed by atoms with E-state index in [1.54, 1.807) is 29.1 Å². The van der Waals surface area contributed by atoms with E-state index in [2.05, 4.69) is 38.0 Å². The summed E-state index contributed by atoms with van der Waals surface area (Å²) < 4.78 is 10.8.